The van der Waals surface area contributed by atoms with Crippen LogP contribution >= 0.6 is 0 Å². The number of rotatable bonds is 6. The molecule has 0 aliphatic heterocycles. The summed E-state index contributed by atoms with van der Waals surface area (Å²) >= 11 is 0. The summed E-state index contributed by atoms with van der Waals surface area (Å²) in [5.41, 5.74) is 17.2. The summed E-state index contributed by atoms with van der Waals surface area (Å²) < 4.78 is 4.90. The average molecular weight is 988 g/mol. The van der Waals surface area contributed by atoms with Crippen molar-refractivity contribution in [3.8, 4) is 56.0 Å². The Hall–Kier alpha value is -10.4. The summed E-state index contributed by atoms with van der Waals surface area (Å²) in [5.74, 6) is 0. The predicted molar refractivity (Wildman–Crippen MR) is 331 cm³/mol. The Morgan fingerprint density at radius 2 is 0.654 bits per heavy atom. The molecule has 0 unspecified atom stereocenters. The lowest BCUT2D eigenvalue weighted by atomic mass is 9.84. The van der Waals surface area contributed by atoms with Gasteiger partial charge in [-0.25, -0.2) is 4.98 Å². The molecule has 17 rings (SSSR count). The van der Waals surface area contributed by atoms with E-state index in [-0.39, 0.29) is 0 Å². The van der Waals surface area contributed by atoms with Crippen LogP contribution in [-0.4, -0.2) is 14.1 Å². The van der Waals surface area contributed by atoms with Crippen molar-refractivity contribution in [3.05, 3.63) is 273 Å². The molecule has 3 aromatic heterocycles. The number of hydrogen-bond acceptors (Lipinski definition) is 1. The van der Waals surface area contributed by atoms with Gasteiger partial charge in [0.25, 0.3) is 0 Å². The van der Waals surface area contributed by atoms with Gasteiger partial charge in [-0.1, -0.05) is 194 Å². The zero-order valence-electron chi connectivity index (χ0n) is 42.3. The van der Waals surface area contributed by atoms with E-state index < -0.39 is 0 Å². The van der Waals surface area contributed by atoms with Crippen LogP contribution in [0.3, 0.4) is 0 Å². The van der Waals surface area contributed by atoms with E-state index in [1.165, 1.54) is 120 Å². The molecule has 0 saturated carbocycles. The summed E-state index contributed by atoms with van der Waals surface area (Å²) in [7, 11) is 0. The minimum Gasteiger partial charge on any atom is -0.309 e. The summed E-state index contributed by atoms with van der Waals surface area (Å²) in [6.07, 6.45) is 0. The van der Waals surface area contributed by atoms with Crippen molar-refractivity contribution < 1.29 is 0 Å². The molecule has 14 aromatic carbocycles. The first-order valence-electron chi connectivity index (χ1n) is 26.9. The normalized spacial score (nSPS) is 12.1. The van der Waals surface area contributed by atoms with E-state index in [2.05, 4.69) is 282 Å². The minimum absolute atomic E-state index is 0.978. The zero-order chi connectivity index (χ0) is 51.0. The van der Waals surface area contributed by atoms with Gasteiger partial charge in [-0.15, -0.1) is 0 Å². The molecule has 0 spiro atoms. The van der Waals surface area contributed by atoms with Gasteiger partial charge in [-0.3, -0.25) is 0 Å². The molecule has 0 saturated heterocycles. The molecule has 3 heterocycles. The number of fused-ring (bicyclic) bond motifs is 9. The van der Waals surface area contributed by atoms with Crippen molar-refractivity contribution in [1.82, 2.24) is 14.1 Å². The molecule has 0 amide bonds. The first-order valence-corrected chi connectivity index (χ1v) is 26.9. The lowest BCUT2D eigenvalue weighted by Crippen LogP contribution is -1.96. The summed E-state index contributed by atoms with van der Waals surface area (Å²) in [4.78, 5) is 5.58. The third-order valence-corrected chi connectivity index (χ3v) is 16.8. The van der Waals surface area contributed by atoms with Gasteiger partial charge in [0, 0.05) is 49.4 Å². The van der Waals surface area contributed by atoms with E-state index in [1.807, 2.05) is 0 Å². The fourth-order valence-electron chi connectivity index (χ4n) is 13.2. The molecule has 17 aromatic rings. The molecule has 0 N–H and O–H groups in total. The summed E-state index contributed by atoms with van der Waals surface area (Å²) in [6.45, 7) is 0. The highest BCUT2D eigenvalue weighted by Gasteiger charge is 2.23. The Bertz CT molecular complexity index is 5300. The van der Waals surface area contributed by atoms with Gasteiger partial charge in [0.05, 0.1) is 33.3 Å². The monoisotopic (exact) mass is 987 g/mol. The third kappa shape index (κ3) is 6.36. The number of para-hydroxylation sites is 3. The van der Waals surface area contributed by atoms with E-state index in [9.17, 15) is 0 Å². The Kier molecular flexibility index (Phi) is 9.13. The number of nitrogens with zero attached hydrogens (tertiary/aromatic N) is 3. The molecule has 0 atom stereocenters. The second kappa shape index (κ2) is 16.6. The first kappa shape index (κ1) is 42.9. The molecule has 3 heteroatoms. The van der Waals surface area contributed by atoms with Crippen molar-refractivity contribution >= 4 is 108 Å². The quantitative estimate of drug-likeness (QED) is 0.152. The maximum Gasteiger partial charge on any atom is 0.0794 e. The van der Waals surface area contributed by atoms with Crippen molar-refractivity contribution in [3.63, 3.8) is 0 Å². The Morgan fingerprint density at radius 1 is 0.231 bits per heavy atom. The maximum atomic E-state index is 5.58. The molecule has 3 nitrogen and oxygen atoms in total. The van der Waals surface area contributed by atoms with Gasteiger partial charge in [0.15, 0.2) is 0 Å². The molecular weight excluding hydrogens is 943 g/mol. The van der Waals surface area contributed by atoms with Crippen molar-refractivity contribution in [2.45, 2.75) is 0 Å². The van der Waals surface area contributed by atoms with Gasteiger partial charge >= 0.3 is 0 Å². The largest absolute Gasteiger partial charge is 0.309 e. The molecule has 0 aliphatic carbocycles. The fourth-order valence-corrected chi connectivity index (χ4v) is 13.2. The second-order valence-electron chi connectivity index (χ2n) is 21.0. The van der Waals surface area contributed by atoms with Crippen LogP contribution < -0.4 is 0 Å². The standard InChI is InChI=1S/C75H45N3/c1-4-16-46(17-5-1)64-40-53-22-14-15-27-68(53)76-75(64)67-41-54-30-31-57(51-28-32-59-65-38-47-18-10-12-20-49(47)42-71(65)77(69(59)44-51)55-23-6-2-7-24-55)61-36-37-62-58(34-35-63(67)74(62)73(54)61)52-29-33-60-66-39-48-19-11-13-21-50(48)43-72(66)78(70(60)45-52)56-25-8-3-9-26-56/h1-45H. The van der Waals surface area contributed by atoms with Gasteiger partial charge < -0.3 is 9.13 Å². The third-order valence-electron chi connectivity index (χ3n) is 16.8. The highest BCUT2D eigenvalue weighted by molar-refractivity contribution is 6.31. The van der Waals surface area contributed by atoms with Crippen LogP contribution in [0.5, 0.6) is 0 Å². The van der Waals surface area contributed by atoms with Crippen molar-refractivity contribution in [2.24, 2.45) is 0 Å². The maximum absolute atomic E-state index is 5.58. The predicted octanol–water partition coefficient (Wildman–Crippen LogP) is 20.3. The van der Waals surface area contributed by atoms with E-state index in [4.69, 9.17) is 4.98 Å². The highest BCUT2D eigenvalue weighted by atomic mass is 15.0. The van der Waals surface area contributed by atoms with Gasteiger partial charge in [-0.05, 0) is 161 Å². The van der Waals surface area contributed by atoms with E-state index in [0.717, 1.165) is 44.7 Å². The molecule has 0 aliphatic rings. The fraction of sp³-hybridized carbons (Fsp3) is 0. The molecule has 0 radical (unpaired) electrons. The first-order chi connectivity index (χ1) is 38.7. The van der Waals surface area contributed by atoms with E-state index in [0.29, 0.717) is 0 Å². The van der Waals surface area contributed by atoms with Crippen molar-refractivity contribution in [1.29, 1.82) is 0 Å². The SMILES string of the molecule is c1ccc(-c2cc3ccccc3nc2-c2cc3ccc(-c4ccc5c6cc7ccccc7cc6n(-c6ccccc6)c5c4)c4ccc5c(-c6ccc7c8cc9ccccc9cc8n(-c8ccccc8)c7c6)ccc2c5c34)cc1. The van der Waals surface area contributed by atoms with Gasteiger partial charge in [0.2, 0.25) is 0 Å². The van der Waals surface area contributed by atoms with Crippen LogP contribution in [0.15, 0.2) is 273 Å². The lowest BCUT2D eigenvalue weighted by Gasteiger charge is -2.20. The van der Waals surface area contributed by atoms with Gasteiger partial charge in [0.1, 0.15) is 0 Å². The van der Waals surface area contributed by atoms with E-state index >= 15 is 0 Å². The average Bonchev–Trinajstić information content (AvgIpc) is 4.09. The number of pyridine rings is 1. The number of hydrogen-bond donors (Lipinski definition) is 0. The zero-order valence-corrected chi connectivity index (χ0v) is 42.3. The second-order valence-corrected chi connectivity index (χ2v) is 21.0. The molecule has 360 valence electrons. The topological polar surface area (TPSA) is 22.8 Å². The molecule has 0 fully saturated rings. The van der Waals surface area contributed by atoms with Crippen LogP contribution in [0.4, 0.5) is 0 Å². The van der Waals surface area contributed by atoms with Crippen LogP contribution in [0, 0.1) is 0 Å². The Labute approximate surface area is 449 Å². The van der Waals surface area contributed by atoms with Crippen LogP contribution in [-0.2, 0) is 0 Å². The highest BCUT2D eigenvalue weighted by Crippen LogP contribution is 2.49. The number of benzene rings is 14. The van der Waals surface area contributed by atoms with Crippen LogP contribution in [0.1, 0.15) is 0 Å². The van der Waals surface area contributed by atoms with E-state index in [1.54, 1.807) is 0 Å². The Morgan fingerprint density at radius 3 is 1.23 bits per heavy atom. The smallest absolute Gasteiger partial charge is 0.0794 e. The molecular formula is C75H45N3. The van der Waals surface area contributed by atoms with Crippen LogP contribution in [0.2, 0.25) is 0 Å². The lowest BCUT2D eigenvalue weighted by molar-refractivity contribution is 1.18. The molecule has 0 bridgehead atoms. The van der Waals surface area contributed by atoms with Crippen LogP contribution in [0.25, 0.3) is 164 Å². The molecule has 78 heavy (non-hydrogen) atoms. The number of aromatic nitrogens is 3. The van der Waals surface area contributed by atoms with Gasteiger partial charge in [-0.2, -0.15) is 0 Å². The summed E-state index contributed by atoms with van der Waals surface area (Å²) in [6, 6.07) is 101. The van der Waals surface area contributed by atoms with Crippen molar-refractivity contribution in [2.75, 3.05) is 0 Å². The minimum atomic E-state index is 0.978. The Balaban J connectivity index is 0.946. The summed E-state index contributed by atoms with van der Waals surface area (Å²) in [5, 5.41) is 18.4.